The van der Waals surface area contributed by atoms with Crippen LogP contribution in [-0.4, -0.2) is 75.6 Å². The number of amides is 1. The average molecular weight is 511 g/mol. The highest BCUT2D eigenvalue weighted by Crippen LogP contribution is 2.29. The molecular weight excluding hydrogens is 474 g/mol. The Morgan fingerprint density at radius 2 is 1.84 bits per heavy atom. The molecule has 0 radical (unpaired) electrons. The van der Waals surface area contributed by atoms with E-state index in [9.17, 15) is 13.6 Å². The van der Waals surface area contributed by atoms with Crippen molar-refractivity contribution in [1.82, 2.24) is 30.3 Å². The van der Waals surface area contributed by atoms with Crippen LogP contribution in [0.5, 0.6) is 0 Å². The number of H-pyrrole nitrogens is 1. The van der Waals surface area contributed by atoms with Crippen molar-refractivity contribution in [1.29, 1.82) is 0 Å². The summed E-state index contributed by atoms with van der Waals surface area (Å²) >= 11 is 0. The number of pyridine rings is 1. The van der Waals surface area contributed by atoms with Crippen LogP contribution in [0.25, 0.3) is 22.0 Å². The molecule has 0 saturated carbocycles. The number of halogens is 2. The van der Waals surface area contributed by atoms with Gasteiger partial charge in [0.05, 0.1) is 5.52 Å². The third-order valence-corrected chi connectivity index (χ3v) is 7.45. The lowest BCUT2D eigenvalue weighted by Crippen LogP contribution is -2.45. The van der Waals surface area contributed by atoms with Crippen molar-refractivity contribution in [3.05, 3.63) is 47.9 Å². The average Bonchev–Trinajstić information content (AvgIpc) is 3.30. The first kappa shape index (κ1) is 25.7. The van der Waals surface area contributed by atoms with Crippen molar-refractivity contribution in [3.63, 3.8) is 0 Å². The minimum Gasteiger partial charge on any atom is -0.348 e. The second kappa shape index (κ2) is 10.8. The van der Waals surface area contributed by atoms with Crippen LogP contribution in [0.2, 0.25) is 0 Å². The standard InChI is InChI=1S/C28H36F2N6O/c1-19(2)17-35-9-5-23(6-10-35)32-27(37)26-24-14-21(3-4-25(24)33-34-26)22-13-20(15-31-16-22)18-36-11-7-28(29,30)8-12-36/h3-4,13-16,19,23H,5-12,17-18H2,1-2H3,(H,32,37)(H,33,34). The number of hydrogen-bond acceptors (Lipinski definition) is 5. The Morgan fingerprint density at radius 3 is 2.57 bits per heavy atom. The second-order valence-electron chi connectivity index (χ2n) is 11.0. The Labute approximate surface area is 216 Å². The fraction of sp³-hybridized carbons (Fsp3) is 0.536. The highest BCUT2D eigenvalue weighted by molar-refractivity contribution is 6.05. The molecule has 2 N–H and O–H groups in total. The molecular formula is C28H36F2N6O. The number of nitrogens with one attached hydrogen (secondary N) is 2. The second-order valence-corrected chi connectivity index (χ2v) is 11.0. The molecule has 1 aromatic carbocycles. The maximum atomic E-state index is 13.5. The Hall–Kier alpha value is -2.91. The first-order valence-electron chi connectivity index (χ1n) is 13.3. The molecule has 3 aromatic rings. The van der Waals surface area contributed by atoms with E-state index < -0.39 is 5.92 Å². The molecule has 0 atom stereocenters. The molecule has 2 aromatic heterocycles. The van der Waals surface area contributed by atoms with E-state index in [1.54, 1.807) is 12.4 Å². The summed E-state index contributed by atoms with van der Waals surface area (Å²) in [6.45, 7) is 8.91. The number of benzene rings is 1. The Bertz CT molecular complexity index is 1220. The lowest BCUT2D eigenvalue weighted by molar-refractivity contribution is -0.0566. The Morgan fingerprint density at radius 1 is 1.08 bits per heavy atom. The number of rotatable bonds is 7. The molecule has 198 valence electrons. The predicted octanol–water partition coefficient (Wildman–Crippen LogP) is 4.71. The minimum absolute atomic E-state index is 0.0980. The van der Waals surface area contributed by atoms with Crippen molar-refractivity contribution in [2.24, 2.45) is 5.92 Å². The van der Waals surface area contributed by atoms with Crippen molar-refractivity contribution in [2.75, 3.05) is 32.7 Å². The molecule has 0 aliphatic carbocycles. The first-order valence-corrected chi connectivity index (χ1v) is 13.3. The van der Waals surface area contributed by atoms with Crippen LogP contribution in [0.4, 0.5) is 8.78 Å². The van der Waals surface area contributed by atoms with E-state index in [-0.39, 0.29) is 24.8 Å². The van der Waals surface area contributed by atoms with Gasteiger partial charge in [-0.2, -0.15) is 5.10 Å². The van der Waals surface area contributed by atoms with E-state index in [0.29, 0.717) is 31.2 Å². The van der Waals surface area contributed by atoms with Gasteiger partial charge >= 0.3 is 0 Å². The van der Waals surface area contributed by atoms with Crippen LogP contribution in [0, 0.1) is 5.92 Å². The molecule has 2 aliphatic heterocycles. The summed E-state index contributed by atoms with van der Waals surface area (Å²) in [6, 6.07) is 8.08. The molecule has 1 amide bonds. The SMILES string of the molecule is CC(C)CN1CCC(NC(=O)c2n[nH]c3ccc(-c4cncc(CN5CCC(F)(F)CC5)c4)cc23)CC1. The zero-order chi connectivity index (χ0) is 26.0. The number of fused-ring (bicyclic) bond motifs is 1. The molecule has 2 fully saturated rings. The van der Waals surface area contributed by atoms with Crippen LogP contribution in [-0.2, 0) is 6.54 Å². The zero-order valence-electron chi connectivity index (χ0n) is 21.6. The highest BCUT2D eigenvalue weighted by Gasteiger charge is 2.33. The Balaban J connectivity index is 1.27. The van der Waals surface area contributed by atoms with Gasteiger partial charge in [-0.05, 0) is 48.1 Å². The molecule has 2 saturated heterocycles. The minimum atomic E-state index is -2.55. The van der Waals surface area contributed by atoms with E-state index in [0.717, 1.165) is 60.1 Å². The van der Waals surface area contributed by atoms with Crippen LogP contribution in [0.1, 0.15) is 55.6 Å². The quantitative estimate of drug-likeness (QED) is 0.482. The van der Waals surface area contributed by atoms with Gasteiger partial charge in [0.15, 0.2) is 5.69 Å². The Kier molecular flexibility index (Phi) is 7.53. The third-order valence-electron chi connectivity index (χ3n) is 7.45. The molecule has 37 heavy (non-hydrogen) atoms. The number of aromatic nitrogens is 3. The molecule has 4 heterocycles. The molecule has 7 nitrogen and oxygen atoms in total. The number of likely N-dealkylation sites (tertiary alicyclic amines) is 2. The zero-order valence-corrected chi connectivity index (χ0v) is 21.6. The summed E-state index contributed by atoms with van der Waals surface area (Å²) in [5.74, 6) is -2.06. The lowest BCUT2D eigenvalue weighted by Gasteiger charge is -2.33. The number of piperidine rings is 2. The summed E-state index contributed by atoms with van der Waals surface area (Å²) in [6.07, 6.45) is 5.27. The molecule has 0 spiro atoms. The summed E-state index contributed by atoms with van der Waals surface area (Å²) in [4.78, 5) is 22.1. The third kappa shape index (κ3) is 6.33. The summed E-state index contributed by atoms with van der Waals surface area (Å²) in [5.41, 5.74) is 4.05. The first-order chi connectivity index (χ1) is 17.8. The predicted molar refractivity (Wildman–Crippen MR) is 141 cm³/mol. The number of carbonyl (C=O) groups is 1. The van der Waals surface area contributed by atoms with Crippen molar-refractivity contribution in [2.45, 2.75) is 58.0 Å². The van der Waals surface area contributed by atoms with Gasteiger partial charge in [-0.3, -0.25) is 19.8 Å². The van der Waals surface area contributed by atoms with Gasteiger partial charge in [0.2, 0.25) is 0 Å². The van der Waals surface area contributed by atoms with Gasteiger partial charge < -0.3 is 10.2 Å². The van der Waals surface area contributed by atoms with Crippen LogP contribution < -0.4 is 5.32 Å². The number of hydrogen-bond donors (Lipinski definition) is 2. The maximum Gasteiger partial charge on any atom is 0.272 e. The van der Waals surface area contributed by atoms with Crippen LogP contribution in [0.3, 0.4) is 0 Å². The van der Waals surface area contributed by atoms with Crippen LogP contribution in [0.15, 0.2) is 36.7 Å². The van der Waals surface area contributed by atoms with E-state index in [1.807, 2.05) is 29.2 Å². The fourth-order valence-corrected chi connectivity index (χ4v) is 5.43. The highest BCUT2D eigenvalue weighted by atomic mass is 19.3. The van der Waals surface area contributed by atoms with Gasteiger partial charge in [-0.15, -0.1) is 0 Å². The molecule has 5 rings (SSSR count). The van der Waals surface area contributed by atoms with Gasteiger partial charge in [0, 0.05) is 81.5 Å². The van der Waals surface area contributed by atoms with E-state index in [1.165, 1.54) is 0 Å². The van der Waals surface area contributed by atoms with Crippen molar-refractivity contribution >= 4 is 16.8 Å². The van der Waals surface area contributed by atoms with E-state index in [4.69, 9.17) is 0 Å². The fourth-order valence-electron chi connectivity index (χ4n) is 5.43. The smallest absolute Gasteiger partial charge is 0.272 e. The normalized spacial score (nSPS) is 19.5. The van der Waals surface area contributed by atoms with E-state index >= 15 is 0 Å². The molecule has 0 bridgehead atoms. The van der Waals surface area contributed by atoms with E-state index in [2.05, 4.69) is 39.2 Å². The van der Waals surface area contributed by atoms with Crippen molar-refractivity contribution < 1.29 is 13.6 Å². The maximum absolute atomic E-state index is 13.5. The van der Waals surface area contributed by atoms with Gasteiger partial charge in [0.1, 0.15) is 0 Å². The molecule has 2 aliphatic rings. The summed E-state index contributed by atoms with van der Waals surface area (Å²) in [5, 5.41) is 11.3. The van der Waals surface area contributed by atoms with Crippen molar-refractivity contribution in [3.8, 4) is 11.1 Å². The number of carbonyl (C=O) groups excluding carboxylic acids is 1. The largest absolute Gasteiger partial charge is 0.348 e. The van der Waals surface area contributed by atoms with Gasteiger partial charge in [0.25, 0.3) is 11.8 Å². The topological polar surface area (TPSA) is 77.1 Å². The monoisotopic (exact) mass is 510 g/mol. The number of nitrogens with zero attached hydrogens (tertiary/aromatic N) is 4. The lowest BCUT2D eigenvalue weighted by atomic mass is 10.0. The van der Waals surface area contributed by atoms with Crippen LogP contribution >= 0.6 is 0 Å². The molecule has 9 heteroatoms. The van der Waals surface area contributed by atoms with Gasteiger partial charge in [-0.25, -0.2) is 8.78 Å². The number of aromatic amines is 1. The summed E-state index contributed by atoms with van der Waals surface area (Å²) in [7, 11) is 0. The molecule has 0 unspecified atom stereocenters. The number of alkyl halides is 2. The van der Waals surface area contributed by atoms with Gasteiger partial charge in [-0.1, -0.05) is 19.9 Å². The summed E-state index contributed by atoms with van der Waals surface area (Å²) < 4.78 is 27.0.